The molecule has 2 aliphatic carbocycles. The van der Waals surface area contributed by atoms with Gasteiger partial charge in [0.2, 0.25) is 0 Å². The Labute approximate surface area is 376 Å². The van der Waals surface area contributed by atoms with Gasteiger partial charge >= 0.3 is 0 Å². The number of aromatic nitrogens is 2. The molecule has 0 saturated heterocycles. The monoisotopic (exact) mass is 822 g/mol. The highest BCUT2D eigenvalue weighted by molar-refractivity contribution is 6.24. The van der Waals surface area contributed by atoms with Crippen LogP contribution in [0.3, 0.4) is 0 Å². The zero-order valence-corrected chi connectivity index (χ0v) is 35.3. The molecule has 0 fully saturated rings. The van der Waals surface area contributed by atoms with E-state index < -0.39 is 5.41 Å². The largest absolute Gasteiger partial charge is 0.228 e. The third kappa shape index (κ3) is 5.11. The zero-order valence-electron chi connectivity index (χ0n) is 35.3. The Morgan fingerprint density at radius 2 is 0.785 bits per heavy atom. The standard InChI is InChI=1S/C63H38N2/c1-2-17-42(18-3-1)62-64-57(38-58(65-62)44-35-30-39-16-4-5-19-43(39)36-44)41-33-31-40(32-34-41)53-37-56-59(50-25-9-7-22-47(50)53)60-51-26-10-6-20-45(51)46-21-8-11-27-52(46)61(60)63(56)54-28-14-12-23-48(54)49-24-13-15-29-55(49)63/h1-38H. The molecule has 0 bridgehead atoms. The fourth-order valence-electron chi connectivity index (χ4n) is 11.5. The summed E-state index contributed by atoms with van der Waals surface area (Å²) in [6.45, 7) is 0. The van der Waals surface area contributed by atoms with Gasteiger partial charge in [-0.2, -0.15) is 0 Å². The van der Waals surface area contributed by atoms with Crippen molar-refractivity contribution in [2.45, 2.75) is 5.41 Å². The summed E-state index contributed by atoms with van der Waals surface area (Å²) in [5.41, 5.74) is 17.4. The lowest BCUT2D eigenvalue weighted by Crippen LogP contribution is -2.26. The minimum Gasteiger partial charge on any atom is -0.228 e. The molecule has 300 valence electrons. The van der Waals surface area contributed by atoms with Crippen molar-refractivity contribution < 1.29 is 0 Å². The van der Waals surface area contributed by atoms with Gasteiger partial charge in [-0.25, -0.2) is 9.97 Å². The van der Waals surface area contributed by atoms with E-state index in [1.165, 1.54) is 98.7 Å². The van der Waals surface area contributed by atoms with Gasteiger partial charge in [-0.15, -0.1) is 0 Å². The average molecular weight is 823 g/mol. The molecule has 11 aromatic carbocycles. The first-order chi connectivity index (χ1) is 32.2. The van der Waals surface area contributed by atoms with E-state index in [1.807, 2.05) is 18.2 Å². The number of nitrogens with zero attached hydrogens (tertiary/aromatic N) is 2. The fraction of sp³-hybridized carbons (Fsp3) is 0.0159. The van der Waals surface area contributed by atoms with Crippen LogP contribution in [-0.2, 0) is 5.41 Å². The maximum Gasteiger partial charge on any atom is 0.160 e. The molecule has 0 N–H and O–H groups in total. The minimum atomic E-state index is -0.534. The zero-order chi connectivity index (χ0) is 42.6. The van der Waals surface area contributed by atoms with E-state index in [9.17, 15) is 0 Å². The first-order valence-corrected chi connectivity index (χ1v) is 22.5. The van der Waals surface area contributed by atoms with Crippen LogP contribution in [-0.4, -0.2) is 9.97 Å². The van der Waals surface area contributed by atoms with Crippen molar-refractivity contribution in [2.75, 3.05) is 0 Å². The summed E-state index contributed by atoms with van der Waals surface area (Å²) in [4.78, 5) is 10.4. The predicted molar refractivity (Wildman–Crippen MR) is 270 cm³/mol. The molecule has 65 heavy (non-hydrogen) atoms. The van der Waals surface area contributed by atoms with E-state index in [4.69, 9.17) is 9.97 Å². The van der Waals surface area contributed by atoms with Crippen molar-refractivity contribution in [1.29, 1.82) is 0 Å². The van der Waals surface area contributed by atoms with Crippen LogP contribution in [0, 0.1) is 0 Å². The van der Waals surface area contributed by atoms with Gasteiger partial charge in [0.25, 0.3) is 0 Å². The van der Waals surface area contributed by atoms with E-state index >= 15 is 0 Å². The topological polar surface area (TPSA) is 25.8 Å². The molecular formula is C63H38N2. The first-order valence-electron chi connectivity index (χ1n) is 22.5. The van der Waals surface area contributed by atoms with Crippen LogP contribution in [0.4, 0.5) is 0 Å². The van der Waals surface area contributed by atoms with Gasteiger partial charge in [-0.1, -0.05) is 212 Å². The van der Waals surface area contributed by atoms with Gasteiger partial charge in [0.1, 0.15) is 0 Å². The molecule has 1 spiro atoms. The molecule has 12 aromatic rings. The van der Waals surface area contributed by atoms with Crippen molar-refractivity contribution in [1.82, 2.24) is 9.97 Å². The molecule has 0 amide bonds. The second kappa shape index (κ2) is 13.8. The lowest BCUT2D eigenvalue weighted by atomic mass is 9.68. The van der Waals surface area contributed by atoms with Crippen LogP contribution >= 0.6 is 0 Å². The Bertz CT molecular complexity index is 3890. The van der Waals surface area contributed by atoms with E-state index in [-0.39, 0.29) is 0 Å². The molecule has 0 atom stereocenters. The Kier molecular flexibility index (Phi) is 7.64. The number of benzene rings is 11. The van der Waals surface area contributed by atoms with Crippen molar-refractivity contribution in [2.24, 2.45) is 0 Å². The van der Waals surface area contributed by atoms with Crippen molar-refractivity contribution in [3.05, 3.63) is 253 Å². The fourth-order valence-corrected chi connectivity index (χ4v) is 11.5. The predicted octanol–water partition coefficient (Wildman–Crippen LogP) is 16.1. The van der Waals surface area contributed by atoms with Crippen molar-refractivity contribution in [3.63, 3.8) is 0 Å². The molecule has 2 nitrogen and oxygen atoms in total. The highest BCUT2D eigenvalue weighted by Gasteiger charge is 2.53. The molecule has 14 rings (SSSR count). The Balaban J connectivity index is 1.01. The second-order valence-corrected chi connectivity index (χ2v) is 17.5. The summed E-state index contributed by atoms with van der Waals surface area (Å²) >= 11 is 0. The molecule has 2 heteroatoms. The van der Waals surface area contributed by atoms with Crippen LogP contribution in [0.5, 0.6) is 0 Å². The summed E-state index contributed by atoms with van der Waals surface area (Å²) < 4.78 is 0. The number of rotatable bonds is 4. The smallest absolute Gasteiger partial charge is 0.160 e. The van der Waals surface area contributed by atoms with Gasteiger partial charge in [0, 0.05) is 16.7 Å². The van der Waals surface area contributed by atoms with Crippen molar-refractivity contribution >= 4 is 43.1 Å². The van der Waals surface area contributed by atoms with Gasteiger partial charge in [-0.3, -0.25) is 0 Å². The highest BCUT2D eigenvalue weighted by Crippen LogP contribution is 2.67. The summed E-state index contributed by atoms with van der Waals surface area (Å²) in [7, 11) is 0. The molecule has 1 aromatic heterocycles. The number of hydrogen-bond donors (Lipinski definition) is 0. The summed E-state index contributed by atoms with van der Waals surface area (Å²) in [5.74, 6) is 0.710. The highest BCUT2D eigenvalue weighted by atomic mass is 14.9. The second-order valence-electron chi connectivity index (χ2n) is 17.5. The van der Waals surface area contributed by atoms with E-state index in [0.717, 1.165) is 28.1 Å². The lowest BCUT2D eigenvalue weighted by molar-refractivity contribution is 0.803. The minimum absolute atomic E-state index is 0.534. The lowest BCUT2D eigenvalue weighted by Gasteiger charge is -2.32. The van der Waals surface area contributed by atoms with Gasteiger partial charge < -0.3 is 0 Å². The first kappa shape index (κ1) is 36.1. The molecule has 1 heterocycles. The normalized spacial score (nSPS) is 13.0. The van der Waals surface area contributed by atoms with Gasteiger partial charge in [-0.05, 0) is 117 Å². The van der Waals surface area contributed by atoms with Gasteiger partial charge in [0.05, 0.1) is 16.8 Å². The maximum atomic E-state index is 5.21. The average Bonchev–Trinajstić information content (AvgIpc) is 3.87. The molecule has 0 unspecified atom stereocenters. The van der Waals surface area contributed by atoms with Crippen molar-refractivity contribution in [3.8, 4) is 67.3 Å². The third-order valence-corrected chi connectivity index (χ3v) is 14.3. The van der Waals surface area contributed by atoms with E-state index in [1.54, 1.807) is 0 Å². The molecule has 2 aliphatic rings. The van der Waals surface area contributed by atoms with Gasteiger partial charge in [0.15, 0.2) is 5.82 Å². The molecule has 0 radical (unpaired) electrons. The van der Waals surface area contributed by atoms with Crippen LogP contribution in [0.1, 0.15) is 22.3 Å². The van der Waals surface area contributed by atoms with Crippen LogP contribution < -0.4 is 0 Å². The van der Waals surface area contributed by atoms with Crippen LogP contribution in [0.15, 0.2) is 231 Å². The molecule has 0 aliphatic heterocycles. The summed E-state index contributed by atoms with van der Waals surface area (Å²) in [6.07, 6.45) is 0. The maximum absolute atomic E-state index is 5.21. The summed E-state index contributed by atoms with van der Waals surface area (Å²) in [5, 5.41) is 10.1. The molecule has 0 saturated carbocycles. The summed E-state index contributed by atoms with van der Waals surface area (Å²) in [6, 6.07) is 84.6. The molecular weight excluding hydrogens is 785 g/mol. The Hall–Kier alpha value is -8.46. The SMILES string of the molecule is c1ccc(-c2nc(-c3ccc(-c4cc5c(c6ccccc46)-c4c(c6ccccc6c6ccccc46)C54c5ccccc5-c5ccccc54)cc3)cc(-c3ccc4ccccc4c3)n2)cc1. The third-order valence-electron chi connectivity index (χ3n) is 14.3. The number of fused-ring (bicyclic) bond motifs is 18. The van der Waals surface area contributed by atoms with Crippen LogP contribution in [0.25, 0.3) is 110 Å². The van der Waals surface area contributed by atoms with Crippen LogP contribution in [0.2, 0.25) is 0 Å². The Morgan fingerprint density at radius 3 is 1.49 bits per heavy atom. The Morgan fingerprint density at radius 1 is 0.277 bits per heavy atom. The van der Waals surface area contributed by atoms with E-state index in [0.29, 0.717) is 5.82 Å². The van der Waals surface area contributed by atoms with E-state index in [2.05, 4.69) is 212 Å². The quantitative estimate of drug-likeness (QED) is 0.165. The number of hydrogen-bond acceptors (Lipinski definition) is 2.